The molecule has 0 unspecified atom stereocenters. The molecular weight excluding hydrogens is 188 g/mol. The molecule has 1 amide bonds. The predicted octanol–water partition coefficient (Wildman–Crippen LogP) is 0.780. The lowest BCUT2D eigenvalue weighted by molar-refractivity contribution is -0.119. The highest BCUT2D eigenvalue weighted by atomic mass is 32.1. The Morgan fingerprint density at radius 3 is 3.00 bits per heavy atom. The molecule has 0 atom stereocenters. The van der Waals surface area contributed by atoms with Gasteiger partial charge in [0.05, 0.1) is 12.3 Å². The Balaban J connectivity index is 2.05. The first-order chi connectivity index (χ1) is 6.27. The zero-order valence-corrected chi connectivity index (χ0v) is 7.47. The number of nitrogens with one attached hydrogen (secondary N) is 1. The fraction of sp³-hybridized carbons (Fsp3) is 0.429. The molecule has 0 saturated heterocycles. The maximum Gasteiger partial charge on any atom is 0.245 e. The molecule has 2 rings (SSSR count). The molecule has 0 aromatic carbocycles. The maximum absolute atomic E-state index is 11.4. The van der Waals surface area contributed by atoms with Gasteiger partial charge in [0, 0.05) is 11.5 Å². The van der Waals surface area contributed by atoms with Crippen LogP contribution in [0.5, 0.6) is 0 Å². The predicted molar refractivity (Wildman–Crippen MR) is 45.8 cm³/mol. The minimum atomic E-state index is -0.774. The summed E-state index contributed by atoms with van der Waals surface area (Å²) in [5, 5.41) is 15.5. The summed E-state index contributed by atoms with van der Waals surface area (Å²) in [7, 11) is 0. The molecule has 1 aliphatic rings. The van der Waals surface area contributed by atoms with Crippen molar-refractivity contribution in [3.05, 3.63) is 6.20 Å². The highest BCUT2D eigenvalue weighted by Crippen LogP contribution is 2.45. The quantitative estimate of drug-likeness (QED) is 0.754. The molecule has 66 valence electrons. The second-order valence-electron chi connectivity index (χ2n) is 2.93. The van der Waals surface area contributed by atoms with Crippen LogP contribution >= 0.6 is 11.5 Å². The van der Waals surface area contributed by atoms with Crippen molar-refractivity contribution in [3.63, 3.8) is 0 Å². The smallest absolute Gasteiger partial charge is 0.245 e. The third kappa shape index (κ3) is 1.38. The van der Waals surface area contributed by atoms with Gasteiger partial charge in [-0.25, -0.2) is 0 Å². The summed E-state index contributed by atoms with van der Waals surface area (Å²) in [6.07, 6.45) is 2.78. The fourth-order valence-electron chi connectivity index (χ4n) is 0.968. The average Bonchev–Trinajstić information content (AvgIpc) is 2.79. The molecule has 13 heavy (non-hydrogen) atoms. The van der Waals surface area contributed by atoms with Crippen LogP contribution in [-0.4, -0.2) is 15.5 Å². The summed E-state index contributed by atoms with van der Waals surface area (Å²) >= 11 is 1.10. The summed E-state index contributed by atoms with van der Waals surface area (Å²) in [4.78, 5) is 11.4. The molecule has 1 aliphatic carbocycles. The van der Waals surface area contributed by atoms with Gasteiger partial charge in [0.1, 0.15) is 10.4 Å². The van der Waals surface area contributed by atoms with Crippen molar-refractivity contribution in [3.8, 4) is 6.07 Å². The number of anilines is 1. The van der Waals surface area contributed by atoms with Crippen molar-refractivity contribution in [2.45, 2.75) is 12.8 Å². The van der Waals surface area contributed by atoms with Crippen LogP contribution in [0.4, 0.5) is 5.00 Å². The number of hydrogen-bond donors (Lipinski definition) is 1. The Bertz CT molecular complexity index is 362. The second kappa shape index (κ2) is 2.78. The third-order valence-electron chi connectivity index (χ3n) is 2.00. The van der Waals surface area contributed by atoms with Crippen LogP contribution in [0, 0.1) is 16.7 Å². The minimum Gasteiger partial charge on any atom is -0.314 e. The first kappa shape index (κ1) is 8.13. The maximum atomic E-state index is 11.4. The molecule has 1 heterocycles. The molecule has 0 spiro atoms. The van der Waals surface area contributed by atoms with Crippen LogP contribution in [0.1, 0.15) is 12.8 Å². The molecule has 1 saturated carbocycles. The van der Waals surface area contributed by atoms with Crippen LogP contribution < -0.4 is 5.32 Å². The van der Waals surface area contributed by atoms with E-state index in [1.807, 2.05) is 6.07 Å². The normalized spacial score (nSPS) is 17.5. The molecule has 0 radical (unpaired) electrons. The zero-order valence-electron chi connectivity index (χ0n) is 6.65. The van der Waals surface area contributed by atoms with E-state index in [0.29, 0.717) is 17.8 Å². The van der Waals surface area contributed by atoms with E-state index in [1.54, 1.807) is 0 Å². The molecule has 1 fully saturated rings. The molecule has 0 bridgehead atoms. The summed E-state index contributed by atoms with van der Waals surface area (Å²) in [6.45, 7) is 0. The number of nitrogens with zero attached hydrogens (tertiary/aromatic N) is 3. The molecular formula is C7H6N4OS. The van der Waals surface area contributed by atoms with Crippen LogP contribution in [-0.2, 0) is 4.79 Å². The second-order valence-corrected chi connectivity index (χ2v) is 3.72. The van der Waals surface area contributed by atoms with Gasteiger partial charge >= 0.3 is 0 Å². The number of amides is 1. The summed E-state index contributed by atoms with van der Waals surface area (Å²) in [5.41, 5.74) is -0.774. The van der Waals surface area contributed by atoms with Crippen LogP contribution in [0.2, 0.25) is 0 Å². The van der Waals surface area contributed by atoms with E-state index in [1.165, 1.54) is 6.20 Å². The lowest BCUT2D eigenvalue weighted by Gasteiger charge is -2.03. The van der Waals surface area contributed by atoms with Gasteiger partial charge in [0.2, 0.25) is 5.91 Å². The monoisotopic (exact) mass is 194 g/mol. The summed E-state index contributed by atoms with van der Waals surface area (Å²) < 4.78 is 3.60. The Morgan fingerprint density at radius 2 is 2.54 bits per heavy atom. The van der Waals surface area contributed by atoms with Crippen molar-refractivity contribution >= 4 is 22.4 Å². The number of hydrogen-bond acceptors (Lipinski definition) is 5. The highest BCUT2D eigenvalue weighted by molar-refractivity contribution is 7.10. The lowest BCUT2D eigenvalue weighted by atomic mass is 10.1. The van der Waals surface area contributed by atoms with Crippen molar-refractivity contribution < 1.29 is 4.79 Å². The zero-order chi connectivity index (χ0) is 9.31. The minimum absolute atomic E-state index is 0.235. The lowest BCUT2D eigenvalue weighted by Crippen LogP contribution is -2.22. The van der Waals surface area contributed by atoms with Crippen LogP contribution in [0.25, 0.3) is 0 Å². The van der Waals surface area contributed by atoms with Crippen LogP contribution in [0.15, 0.2) is 6.20 Å². The van der Waals surface area contributed by atoms with E-state index in [-0.39, 0.29) is 5.91 Å². The SMILES string of the molecule is N#CC1(C(=O)Nc2cnns2)CC1. The topological polar surface area (TPSA) is 78.7 Å². The fourth-order valence-corrected chi connectivity index (χ4v) is 1.38. The van der Waals surface area contributed by atoms with Gasteiger partial charge in [-0.1, -0.05) is 4.49 Å². The van der Waals surface area contributed by atoms with Gasteiger partial charge < -0.3 is 5.32 Å². The Morgan fingerprint density at radius 1 is 1.77 bits per heavy atom. The van der Waals surface area contributed by atoms with E-state index in [9.17, 15) is 4.79 Å². The van der Waals surface area contributed by atoms with E-state index >= 15 is 0 Å². The molecule has 6 heteroatoms. The molecule has 1 N–H and O–H groups in total. The van der Waals surface area contributed by atoms with Gasteiger partial charge in [-0.15, -0.1) is 5.10 Å². The Kier molecular flexibility index (Phi) is 1.74. The summed E-state index contributed by atoms with van der Waals surface area (Å²) in [6, 6.07) is 2.02. The molecule has 1 aromatic heterocycles. The van der Waals surface area contributed by atoms with E-state index in [2.05, 4.69) is 14.9 Å². The van der Waals surface area contributed by atoms with Gasteiger partial charge in [-0.3, -0.25) is 4.79 Å². The van der Waals surface area contributed by atoms with Crippen molar-refractivity contribution in [1.29, 1.82) is 5.26 Å². The number of carbonyl (C=O) groups is 1. The number of aromatic nitrogens is 2. The number of carbonyl (C=O) groups excluding carboxylic acids is 1. The number of nitriles is 1. The van der Waals surface area contributed by atoms with Gasteiger partial charge in [0.15, 0.2) is 0 Å². The molecule has 0 aliphatic heterocycles. The van der Waals surface area contributed by atoms with Crippen molar-refractivity contribution in [2.75, 3.05) is 5.32 Å². The van der Waals surface area contributed by atoms with Gasteiger partial charge in [-0.2, -0.15) is 5.26 Å². The van der Waals surface area contributed by atoms with Gasteiger partial charge in [0.25, 0.3) is 0 Å². The van der Waals surface area contributed by atoms with Gasteiger partial charge in [-0.05, 0) is 12.8 Å². The highest BCUT2D eigenvalue weighted by Gasteiger charge is 2.50. The first-order valence-electron chi connectivity index (χ1n) is 3.77. The largest absolute Gasteiger partial charge is 0.314 e. The van der Waals surface area contributed by atoms with Crippen molar-refractivity contribution in [2.24, 2.45) is 5.41 Å². The Labute approximate surface area is 78.5 Å². The van der Waals surface area contributed by atoms with E-state index in [0.717, 1.165) is 11.5 Å². The van der Waals surface area contributed by atoms with E-state index < -0.39 is 5.41 Å². The average molecular weight is 194 g/mol. The third-order valence-corrected chi connectivity index (χ3v) is 2.58. The first-order valence-corrected chi connectivity index (χ1v) is 4.54. The number of rotatable bonds is 2. The molecule has 5 nitrogen and oxygen atoms in total. The van der Waals surface area contributed by atoms with Crippen LogP contribution in [0.3, 0.4) is 0 Å². The van der Waals surface area contributed by atoms with Crippen molar-refractivity contribution in [1.82, 2.24) is 9.59 Å². The Hall–Kier alpha value is -1.48. The molecule has 1 aromatic rings. The summed E-state index contributed by atoms with van der Waals surface area (Å²) in [5.74, 6) is -0.235. The van der Waals surface area contributed by atoms with E-state index in [4.69, 9.17) is 5.26 Å². The standard InChI is InChI=1S/C7H6N4OS/c8-4-7(1-2-7)6(12)10-5-3-9-11-13-5/h3H,1-2H2,(H,10,12).